The fourth-order valence-corrected chi connectivity index (χ4v) is 4.22. The van der Waals surface area contributed by atoms with Crippen molar-refractivity contribution >= 4 is 0 Å². The van der Waals surface area contributed by atoms with Gasteiger partial charge in [-0.2, -0.15) is 0 Å². The van der Waals surface area contributed by atoms with Gasteiger partial charge in [0.15, 0.2) is 0 Å². The first kappa shape index (κ1) is 14.4. The molecule has 0 amide bonds. The maximum atomic E-state index is 10.7. The van der Waals surface area contributed by atoms with Crippen LogP contribution in [0.15, 0.2) is 0 Å². The van der Waals surface area contributed by atoms with Crippen LogP contribution in [0.2, 0.25) is 0 Å². The third kappa shape index (κ3) is 3.29. The van der Waals surface area contributed by atoms with Crippen LogP contribution in [0.5, 0.6) is 0 Å². The molecule has 0 saturated heterocycles. The van der Waals surface area contributed by atoms with E-state index in [1.54, 1.807) is 0 Å². The van der Waals surface area contributed by atoms with Crippen LogP contribution < -0.4 is 0 Å². The number of aliphatic hydroxyl groups excluding tert-OH is 1. The predicted octanol–water partition coefficient (Wildman–Crippen LogP) is 4.64. The molecule has 0 radical (unpaired) electrons. The zero-order chi connectivity index (χ0) is 13.1. The molecule has 1 N–H and O–H groups in total. The van der Waals surface area contributed by atoms with Gasteiger partial charge in [0, 0.05) is 0 Å². The largest absolute Gasteiger partial charge is 0.393 e. The zero-order valence-corrected chi connectivity index (χ0v) is 12.6. The first-order valence-electron chi connectivity index (χ1n) is 8.29. The van der Waals surface area contributed by atoms with E-state index in [1.165, 1.54) is 51.4 Å². The van der Waals surface area contributed by atoms with Crippen molar-refractivity contribution in [3.05, 3.63) is 0 Å². The standard InChI is InChI=1S/C17H32O/c1-4-14-6-9-15(10-7-14)17(18)16-8-5-12(2)13(3)11-16/h12-18H,4-11H2,1-3H3. The lowest BCUT2D eigenvalue weighted by atomic mass is 9.68. The number of rotatable bonds is 3. The van der Waals surface area contributed by atoms with Gasteiger partial charge in [0.1, 0.15) is 0 Å². The molecule has 2 fully saturated rings. The van der Waals surface area contributed by atoms with Crippen LogP contribution in [0, 0.1) is 29.6 Å². The smallest absolute Gasteiger partial charge is 0.0596 e. The molecule has 0 aromatic rings. The van der Waals surface area contributed by atoms with Gasteiger partial charge in [-0.25, -0.2) is 0 Å². The van der Waals surface area contributed by atoms with Crippen molar-refractivity contribution < 1.29 is 5.11 Å². The molecule has 1 heteroatoms. The molecule has 0 aromatic heterocycles. The Balaban J connectivity index is 1.82. The molecule has 2 aliphatic carbocycles. The molecule has 0 aromatic carbocycles. The summed E-state index contributed by atoms with van der Waals surface area (Å²) in [6.07, 6.45) is 10.5. The second-order valence-electron chi connectivity index (χ2n) is 7.21. The Hall–Kier alpha value is -0.0400. The first-order chi connectivity index (χ1) is 8.61. The topological polar surface area (TPSA) is 20.2 Å². The Labute approximate surface area is 113 Å². The van der Waals surface area contributed by atoms with Gasteiger partial charge in [0.2, 0.25) is 0 Å². The molecule has 4 unspecified atom stereocenters. The minimum atomic E-state index is -0.00208. The fraction of sp³-hybridized carbons (Fsp3) is 1.00. The van der Waals surface area contributed by atoms with Crippen LogP contribution in [0.3, 0.4) is 0 Å². The average Bonchev–Trinajstić information content (AvgIpc) is 2.41. The summed E-state index contributed by atoms with van der Waals surface area (Å²) in [6, 6.07) is 0. The third-order valence-electron chi connectivity index (χ3n) is 6.07. The minimum Gasteiger partial charge on any atom is -0.393 e. The van der Waals surface area contributed by atoms with E-state index >= 15 is 0 Å². The van der Waals surface area contributed by atoms with Crippen molar-refractivity contribution in [1.29, 1.82) is 0 Å². The van der Waals surface area contributed by atoms with Crippen molar-refractivity contribution in [2.24, 2.45) is 29.6 Å². The number of hydrogen-bond donors (Lipinski definition) is 1. The second kappa shape index (κ2) is 6.41. The molecule has 18 heavy (non-hydrogen) atoms. The lowest BCUT2D eigenvalue weighted by Crippen LogP contribution is -2.36. The van der Waals surface area contributed by atoms with E-state index in [0.717, 1.165) is 17.8 Å². The van der Waals surface area contributed by atoms with E-state index < -0.39 is 0 Å². The van der Waals surface area contributed by atoms with Gasteiger partial charge in [-0.3, -0.25) is 0 Å². The van der Waals surface area contributed by atoms with E-state index in [-0.39, 0.29) is 6.10 Å². The second-order valence-corrected chi connectivity index (χ2v) is 7.21. The van der Waals surface area contributed by atoms with Gasteiger partial charge < -0.3 is 5.11 Å². The SMILES string of the molecule is CCC1CCC(C(O)C2CCC(C)C(C)C2)CC1. The van der Waals surface area contributed by atoms with Crippen LogP contribution in [0.1, 0.15) is 72.1 Å². The molecule has 4 atom stereocenters. The van der Waals surface area contributed by atoms with Crippen molar-refractivity contribution in [2.45, 2.75) is 78.2 Å². The first-order valence-corrected chi connectivity index (χ1v) is 8.29. The Bertz CT molecular complexity index is 242. The molecule has 2 saturated carbocycles. The summed E-state index contributed by atoms with van der Waals surface area (Å²) in [7, 11) is 0. The van der Waals surface area contributed by atoms with E-state index in [0.29, 0.717) is 11.8 Å². The van der Waals surface area contributed by atoms with E-state index in [9.17, 15) is 5.11 Å². The molecule has 1 nitrogen and oxygen atoms in total. The monoisotopic (exact) mass is 252 g/mol. The molecule has 2 rings (SSSR count). The van der Waals surface area contributed by atoms with Crippen LogP contribution in [-0.4, -0.2) is 11.2 Å². The highest BCUT2D eigenvalue weighted by Gasteiger charge is 2.34. The van der Waals surface area contributed by atoms with Gasteiger partial charge in [-0.05, 0) is 55.3 Å². The summed E-state index contributed by atoms with van der Waals surface area (Å²) < 4.78 is 0. The molecule has 0 bridgehead atoms. The highest BCUT2D eigenvalue weighted by atomic mass is 16.3. The van der Waals surface area contributed by atoms with E-state index in [2.05, 4.69) is 20.8 Å². The maximum absolute atomic E-state index is 10.7. The van der Waals surface area contributed by atoms with Crippen molar-refractivity contribution in [3.63, 3.8) is 0 Å². The lowest BCUT2D eigenvalue weighted by molar-refractivity contribution is -0.00334. The normalized spacial score (nSPS) is 43.7. The van der Waals surface area contributed by atoms with E-state index in [1.807, 2.05) is 0 Å². The molecule has 2 aliphatic rings. The van der Waals surface area contributed by atoms with Crippen LogP contribution in [-0.2, 0) is 0 Å². The molecule has 106 valence electrons. The summed E-state index contributed by atoms with van der Waals surface area (Å²) in [4.78, 5) is 0. The average molecular weight is 252 g/mol. The summed E-state index contributed by atoms with van der Waals surface area (Å²) in [5.74, 6) is 3.83. The van der Waals surface area contributed by atoms with Gasteiger partial charge in [0.05, 0.1) is 6.10 Å². The maximum Gasteiger partial charge on any atom is 0.0596 e. The van der Waals surface area contributed by atoms with Crippen LogP contribution >= 0.6 is 0 Å². The van der Waals surface area contributed by atoms with Crippen LogP contribution in [0.25, 0.3) is 0 Å². The summed E-state index contributed by atoms with van der Waals surface area (Å²) in [6.45, 7) is 7.06. The Morgan fingerprint density at radius 3 is 2.06 bits per heavy atom. The van der Waals surface area contributed by atoms with Gasteiger partial charge in [-0.15, -0.1) is 0 Å². The molecular weight excluding hydrogens is 220 g/mol. The Morgan fingerprint density at radius 1 is 0.889 bits per heavy atom. The predicted molar refractivity (Wildman–Crippen MR) is 77.4 cm³/mol. The summed E-state index contributed by atoms with van der Waals surface area (Å²) in [5, 5.41) is 10.7. The Kier molecular flexibility index (Phi) is 5.12. The van der Waals surface area contributed by atoms with Crippen molar-refractivity contribution in [2.75, 3.05) is 0 Å². The third-order valence-corrected chi connectivity index (χ3v) is 6.07. The molecule has 0 heterocycles. The molecule has 0 spiro atoms. The van der Waals surface area contributed by atoms with E-state index in [4.69, 9.17) is 0 Å². The van der Waals surface area contributed by atoms with Gasteiger partial charge >= 0.3 is 0 Å². The van der Waals surface area contributed by atoms with Crippen LogP contribution in [0.4, 0.5) is 0 Å². The zero-order valence-electron chi connectivity index (χ0n) is 12.6. The summed E-state index contributed by atoms with van der Waals surface area (Å²) in [5.41, 5.74) is 0. The quantitative estimate of drug-likeness (QED) is 0.776. The fourth-order valence-electron chi connectivity index (χ4n) is 4.22. The lowest BCUT2D eigenvalue weighted by Gasteiger charge is -2.39. The molecular formula is C17H32O. The number of hydrogen-bond acceptors (Lipinski definition) is 1. The Morgan fingerprint density at radius 2 is 1.50 bits per heavy atom. The highest BCUT2D eigenvalue weighted by molar-refractivity contribution is 4.85. The number of aliphatic hydroxyl groups is 1. The minimum absolute atomic E-state index is 0.00208. The highest BCUT2D eigenvalue weighted by Crippen LogP contribution is 2.40. The van der Waals surface area contributed by atoms with Gasteiger partial charge in [-0.1, -0.05) is 46.5 Å². The summed E-state index contributed by atoms with van der Waals surface area (Å²) >= 11 is 0. The molecule has 0 aliphatic heterocycles. The van der Waals surface area contributed by atoms with Crippen molar-refractivity contribution in [3.8, 4) is 0 Å². The van der Waals surface area contributed by atoms with Crippen molar-refractivity contribution in [1.82, 2.24) is 0 Å². The van der Waals surface area contributed by atoms with Gasteiger partial charge in [0.25, 0.3) is 0 Å².